The third-order valence-electron chi connectivity index (χ3n) is 7.02. The number of hydrogen-bond acceptors (Lipinski definition) is 7. The lowest BCUT2D eigenvalue weighted by atomic mass is 9.91. The molecule has 1 fully saturated rings. The Hall–Kier alpha value is -3.96. The van der Waals surface area contributed by atoms with Crippen molar-refractivity contribution in [1.82, 2.24) is 15.1 Å². The molecule has 0 unspecified atom stereocenters. The summed E-state index contributed by atoms with van der Waals surface area (Å²) < 4.78 is 31.6. The summed E-state index contributed by atoms with van der Waals surface area (Å²) in [7, 11) is 1.61. The quantitative estimate of drug-likeness (QED) is 0.475. The fraction of sp³-hybridized carbons (Fsp3) is 0.393. The van der Waals surface area contributed by atoms with E-state index < -0.39 is 17.7 Å². The second kappa shape index (κ2) is 11.4. The van der Waals surface area contributed by atoms with Crippen molar-refractivity contribution in [2.45, 2.75) is 37.3 Å². The first-order chi connectivity index (χ1) is 18.8. The van der Waals surface area contributed by atoms with E-state index in [0.29, 0.717) is 62.7 Å². The second-order valence-electron chi connectivity index (χ2n) is 9.87. The van der Waals surface area contributed by atoms with Gasteiger partial charge in [-0.3, -0.25) is 4.79 Å². The van der Waals surface area contributed by atoms with E-state index in [2.05, 4.69) is 10.4 Å². The predicted molar refractivity (Wildman–Crippen MR) is 140 cm³/mol. The molecule has 1 atom stereocenters. The van der Waals surface area contributed by atoms with Crippen LogP contribution in [0.2, 0.25) is 0 Å². The SMILES string of the molecule is CN1C(=O)[C@@H](NC(=O)n2cc(Cc3cccc(F)c3)cn2)COc2ccc(OCCC3(O)CCOCC3)cc21. The Morgan fingerprint density at radius 1 is 1.23 bits per heavy atom. The smallest absolute Gasteiger partial charge is 0.342 e. The van der Waals surface area contributed by atoms with Gasteiger partial charge < -0.3 is 29.5 Å². The van der Waals surface area contributed by atoms with Gasteiger partial charge in [0.15, 0.2) is 0 Å². The van der Waals surface area contributed by atoms with Crippen LogP contribution in [0.15, 0.2) is 54.9 Å². The van der Waals surface area contributed by atoms with Crippen LogP contribution in [0.25, 0.3) is 0 Å². The molecule has 11 heteroatoms. The molecule has 2 aliphatic heterocycles. The number of nitrogens with one attached hydrogen (secondary N) is 1. The molecule has 0 saturated carbocycles. The summed E-state index contributed by atoms with van der Waals surface area (Å²) in [4.78, 5) is 27.5. The highest BCUT2D eigenvalue weighted by Gasteiger charge is 2.32. The average molecular weight is 539 g/mol. The van der Waals surface area contributed by atoms with Crippen molar-refractivity contribution in [3.8, 4) is 11.5 Å². The lowest BCUT2D eigenvalue weighted by Crippen LogP contribution is -2.50. The number of benzene rings is 2. The Bertz CT molecular complexity index is 1340. The standard InChI is InChI=1S/C28H31FN4O6/c1-32-24-15-22(38-12-9-28(36)7-10-37-11-8-28)5-6-25(24)39-18-23(26(32)34)31-27(35)33-17-20(16-30-33)13-19-3-2-4-21(29)14-19/h2-6,14-17,23,36H,7-13,18H2,1H3,(H,31,35)/t23-/m0/s1. The van der Waals surface area contributed by atoms with Crippen molar-refractivity contribution < 1.29 is 33.3 Å². The fourth-order valence-electron chi connectivity index (χ4n) is 4.69. The largest absolute Gasteiger partial charge is 0.493 e. The van der Waals surface area contributed by atoms with Crippen molar-refractivity contribution in [2.24, 2.45) is 0 Å². The summed E-state index contributed by atoms with van der Waals surface area (Å²) in [5.74, 6) is 0.330. The van der Waals surface area contributed by atoms with Gasteiger partial charge in [0.25, 0.3) is 5.91 Å². The van der Waals surface area contributed by atoms with E-state index in [9.17, 15) is 19.1 Å². The fourth-order valence-corrected chi connectivity index (χ4v) is 4.69. The van der Waals surface area contributed by atoms with Crippen LogP contribution in [0, 0.1) is 5.82 Å². The number of amides is 2. The monoisotopic (exact) mass is 538 g/mol. The molecule has 3 aromatic rings. The molecule has 0 spiro atoms. The first kappa shape index (κ1) is 26.6. The minimum absolute atomic E-state index is 0.0609. The van der Waals surface area contributed by atoms with E-state index in [4.69, 9.17) is 14.2 Å². The third-order valence-corrected chi connectivity index (χ3v) is 7.02. The highest BCUT2D eigenvalue weighted by atomic mass is 19.1. The lowest BCUT2D eigenvalue weighted by Gasteiger charge is -2.31. The molecule has 2 aromatic carbocycles. The van der Waals surface area contributed by atoms with Gasteiger partial charge in [-0.1, -0.05) is 12.1 Å². The van der Waals surface area contributed by atoms with Crippen LogP contribution in [-0.4, -0.2) is 71.9 Å². The Morgan fingerprint density at radius 2 is 2.05 bits per heavy atom. The van der Waals surface area contributed by atoms with Crippen molar-refractivity contribution in [2.75, 3.05) is 38.4 Å². The summed E-state index contributed by atoms with van der Waals surface area (Å²) in [6, 6.07) is 9.85. The number of hydrogen-bond donors (Lipinski definition) is 2. The summed E-state index contributed by atoms with van der Waals surface area (Å²) in [6.07, 6.45) is 5.11. The normalized spacial score (nSPS) is 18.6. The molecule has 10 nitrogen and oxygen atoms in total. The van der Waals surface area contributed by atoms with Crippen LogP contribution in [0.3, 0.4) is 0 Å². The van der Waals surface area contributed by atoms with E-state index in [1.54, 1.807) is 43.6 Å². The predicted octanol–water partition coefficient (Wildman–Crippen LogP) is 2.91. The van der Waals surface area contributed by atoms with E-state index in [0.717, 1.165) is 15.8 Å². The molecule has 0 radical (unpaired) electrons. The van der Waals surface area contributed by atoms with Gasteiger partial charge in [0.2, 0.25) is 0 Å². The molecule has 206 valence electrons. The maximum Gasteiger partial charge on any atom is 0.342 e. The molecule has 2 aliphatic rings. The van der Waals surface area contributed by atoms with Crippen LogP contribution >= 0.6 is 0 Å². The molecule has 0 aliphatic carbocycles. The number of anilines is 1. The van der Waals surface area contributed by atoms with E-state index in [1.807, 2.05) is 0 Å². The molecule has 3 heterocycles. The zero-order valence-electron chi connectivity index (χ0n) is 21.6. The molecule has 2 N–H and O–H groups in total. The molecular weight excluding hydrogens is 507 g/mol. The third kappa shape index (κ3) is 6.37. The van der Waals surface area contributed by atoms with Gasteiger partial charge in [0, 0.05) is 45.4 Å². The van der Waals surface area contributed by atoms with Crippen LogP contribution in [0.4, 0.5) is 14.9 Å². The molecule has 1 saturated heterocycles. The zero-order chi connectivity index (χ0) is 27.4. The summed E-state index contributed by atoms with van der Waals surface area (Å²) in [5, 5.41) is 17.4. The van der Waals surface area contributed by atoms with Gasteiger partial charge in [-0.05, 0) is 48.2 Å². The van der Waals surface area contributed by atoms with Crippen molar-refractivity contribution in [1.29, 1.82) is 0 Å². The van der Waals surface area contributed by atoms with Crippen molar-refractivity contribution in [3.05, 3.63) is 71.8 Å². The highest BCUT2D eigenvalue weighted by molar-refractivity contribution is 6.00. The number of aliphatic hydroxyl groups is 1. The number of carbonyl (C=O) groups is 2. The Kier molecular flexibility index (Phi) is 7.80. The Labute approximate surface area is 225 Å². The number of rotatable bonds is 7. The number of ether oxygens (including phenoxy) is 3. The zero-order valence-corrected chi connectivity index (χ0v) is 21.6. The van der Waals surface area contributed by atoms with Crippen LogP contribution in [-0.2, 0) is 16.0 Å². The second-order valence-corrected chi connectivity index (χ2v) is 9.87. The number of halogens is 1. The molecule has 2 amide bonds. The van der Waals surface area contributed by atoms with Gasteiger partial charge in [-0.15, -0.1) is 0 Å². The van der Waals surface area contributed by atoms with Gasteiger partial charge >= 0.3 is 6.03 Å². The summed E-state index contributed by atoms with van der Waals surface area (Å²) in [6.45, 7) is 1.33. The van der Waals surface area contributed by atoms with Crippen molar-refractivity contribution >= 4 is 17.6 Å². The number of carbonyl (C=O) groups excluding carboxylic acids is 2. The maximum absolute atomic E-state index is 13.5. The number of likely N-dealkylation sites (N-methyl/N-ethyl adjacent to an activating group) is 1. The average Bonchev–Trinajstić information content (AvgIpc) is 3.35. The van der Waals surface area contributed by atoms with Crippen LogP contribution < -0.4 is 19.7 Å². The van der Waals surface area contributed by atoms with Crippen LogP contribution in [0.5, 0.6) is 11.5 Å². The molecular formula is C28H31FN4O6. The van der Waals surface area contributed by atoms with Gasteiger partial charge in [0.1, 0.15) is 30.0 Å². The van der Waals surface area contributed by atoms with Gasteiger partial charge in [-0.2, -0.15) is 9.78 Å². The number of aromatic nitrogens is 2. The van der Waals surface area contributed by atoms with E-state index >= 15 is 0 Å². The molecule has 0 bridgehead atoms. The van der Waals surface area contributed by atoms with Crippen molar-refractivity contribution in [3.63, 3.8) is 0 Å². The first-order valence-corrected chi connectivity index (χ1v) is 12.9. The lowest BCUT2D eigenvalue weighted by molar-refractivity contribution is -0.120. The minimum atomic E-state index is -0.946. The Morgan fingerprint density at radius 3 is 2.85 bits per heavy atom. The van der Waals surface area contributed by atoms with Gasteiger partial charge in [-0.25, -0.2) is 9.18 Å². The molecule has 39 heavy (non-hydrogen) atoms. The van der Waals surface area contributed by atoms with E-state index in [1.165, 1.54) is 23.2 Å². The van der Waals surface area contributed by atoms with E-state index in [-0.39, 0.29) is 18.3 Å². The molecule has 1 aromatic heterocycles. The highest BCUT2D eigenvalue weighted by Crippen LogP contribution is 2.34. The number of nitrogens with zero attached hydrogens (tertiary/aromatic N) is 3. The molecule has 5 rings (SSSR count). The number of fused-ring (bicyclic) bond motifs is 1. The summed E-state index contributed by atoms with van der Waals surface area (Å²) in [5.41, 5.74) is 1.19. The van der Waals surface area contributed by atoms with Gasteiger partial charge in [0.05, 0.1) is 24.1 Å². The first-order valence-electron chi connectivity index (χ1n) is 12.9. The van der Waals surface area contributed by atoms with Crippen LogP contribution in [0.1, 0.15) is 30.4 Å². The topological polar surface area (TPSA) is 115 Å². The minimum Gasteiger partial charge on any atom is -0.493 e. The maximum atomic E-state index is 13.5. The summed E-state index contributed by atoms with van der Waals surface area (Å²) >= 11 is 0. The Balaban J connectivity index is 1.19.